The minimum atomic E-state index is 0.500. The van der Waals surface area contributed by atoms with Gasteiger partial charge >= 0.3 is 0 Å². The van der Waals surface area contributed by atoms with Gasteiger partial charge in [0.25, 0.3) is 0 Å². The summed E-state index contributed by atoms with van der Waals surface area (Å²) in [7, 11) is 0. The lowest BCUT2D eigenvalue weighted by Gasteiger charge is -2.37. The van der Waals surface area contributed by atoms with Crippen LogP contribution < -0.4 is 11.3 Å². The number of rotatable bonds is 2. The standard InChI is InChI=1S/C13H26N4/c1-2-12-9-5-6-10-17(12)13(16-14)15-11-7-3-4-8-11/h11-12H,2-10,14H2,1H3,(H,15,16). The number of nitrogens with one attached hydrogen (secondary N) is 1. The van der Waals surface area contributed by atoms with Crippen molar-refractivity contribution in [1.82, 2.24) is 10.3 Å². The third kappa shape index (κ3) is 3.12. The Bertz CT molecular complexity index is 258. The first-order chi connectivity index (χ1) is 8.35. The van der Waals surface area contributed by atoms with E-state index in [-0.39, 0.29) is 0 Å². The summed E-state index contributed by atoms with van der Waals surface area (Å²) in [6.07, 6.45) is 10.2. The fraction of sp³-hybridized carbons (Fsp3) is 0.923. The Labute approximate surface area is 105 Å². The Hall–Kier alpha value is -0.770. The number of guanidine groups is 1. The molecule has 4 heteroatoms. The maximum absolute atomic E-state index is 5.68. The van der Waals surface area contributed by atoms with Crippen molar-refractivity contribution in [1.29, 1.82) is 0 Å². The lowest BCUT2D eigenvalue weighted by Crippen LogP contribution is -2.51. The minimum Gasteiger partial charge on any atom is -0.339 e. The zero-order valence-electron chi connectivity index (χ0n) is 11.0. The molecular formula is C13H26N4. The van der Waals surface area contributed by atoms with Crippen LogP contribution in [0, 0.1) is 0 Å². The summed E-state index contributed by atoms with van der Waals surface area (Å²) in [5.74, 6) is 6.61. The average Bonchev–Trinajstić information content (AvgIpc) is 2.89. The Balaban J connectivity index is 2.04. The molecule has 2 fully saturated rings. The average molecular weight is 238 g/mol. The predicted octanol–water partition coefficient (Wildman–Crippen LogP) is 2.01. The van der Waals surface area contributed by atoms with Gasteiger partial charge in [-0.1, -0.05) is 19.8 Å². The van der Waals surface area contributed by atoms with Crippen molar-refractivity contribution in [3.8, 4) is 0 Å². The smallest absolute Gasteiger partial charge is 0.208 e. The van der Waals surface area contributed by atoms with Crippen LogP contribution in [0.15, 0.2) is 4.99 Å². The number of nitrogens with two attached hydrogens (primary N) is 1. The number of hydrogen-bond donors (Lipinski definition) is 2. The quantitative estimate of drug-likeness (QED) is 0.335. The zero-order chi connectivity index (χ0) is 12.1. The second kappa shape index (κ2) is 6.24. The Kier molecular flexibility index (Phi) is 4.66. The third-order valence-electron chi connectivity index (χ3n) is 4.13. The number of hydrogen-bond acceptors (Lipinski definition) is 2. The van der Waals surface area contributed by atoms with Gasteiger partial charge in [0.05, 0.1) is 6.04 Å². The molecule has 1 saturated heterocycles. The van der Waals surface area contributed by atoms with E-state index in [0.29, 0.717) is 12.1 Å². The van der Waals surface area contributed by atoms with Gasteiger partial charge in [-0.3, -0.25) is 5.43 Å². The van der Waals surface area contributed by atoms with Gasteiger partial charge in [0.15, 0.2) is 0 Å². The minimum absolute atomic E-state index is 0.500. The number of nitrogens with zero attached hydrogens (tertiary/aromatic N) is 2. The number of likely N-dealkylation sites (tertiary alicyclic amines) is 1. The molecule has 1 saturated carbocycles. The molecule has 1 aliphatic heterocycles. The molecule has 0 radical (unpaired) electrons. The molecule has 1 heterocycles. The van der Waals surface area contributed by atoms with Crippen LogP contribution in [0.25, 0.3) is 0 Å². The molecule has 4 nitrogen and oxygen atoms in total. The van der Waals surface area contributed by atoms with Crippen molar-refractivity contribution in [3.63, 3.8) is 0 Å². The lowest BCUT2D eigenvalue weighted by molar-refractivity contribution is 0.227. The van der Waals surface area contributed by atoms with E-state index >= 15 is 0 Å². The Morgan fingerprint density at radius 3 is 2.59 bits per heavy atom. The van der Waals surface area contributed by atoms with Gasteiger partial charge in [-0.05, 0) is 38.5 Å². The summed E-state index contributed by atoms with van der Waals surface area (Å²) >= 11 is 0. The highest BCUT2D eigenvalue weighted by molar-refractivity contribution is 5.80. The van der Waals surface area contributed by atoms with Crippen molar-refractivity contribution in [2.75, 3.05) is 6.54 Å². The summed E-state index contributed by atoms with van der Waals surface area (Å²) in [5.41, 5.74) is 2.84. The van der Waals surface area contributed by atoms with Gasteiger partial charge in [0.2, 0.25) is 5.96 Å². The molecular weight excluding hydrogens is 212 g/mol. The molecule has 17 heavy (non-hydrogen) atoms. The van der Waals surface area contributed by atoms with E-state index in [1.165, 1.54) is 51.4 Å². The molecule has 1 unspecified atom stereocenters. The van der Waals surface area contributed by atoms with E-state index in [4.69, 9.17) is 10.8 Å². The molecule has 0 spiro atoms. The van der Waals surface area contributed by atoms with Crippen LogP contribution in [0.3, 0.4) is 0 Å². The highest BCUT2D eigenvalue weighted by Crippen LogP contribution is 2.23. The molecule has 0 aromatic carbocycles. The number of aliphatic imine (C=N–C) groups is 1. The molecule has 1 atom stereocenters. The molecule has 98 valence electrons. The first-order valence-electron chi connectivity index (χ1n) is 7.16. The highest BCUT2D eigenvalue weighted by atomic mass is 15.4. The van der Waals surface area contributed by atoms with Gasteiger partial charge in [0, 0.05) is 12.6 Å². The fourth-order valence-corrected chi connectivity index (χ4v) is 3.10. The number of piperidine rings is 1. The van der Waals surface area contributed by atoms with E-state index in [9.17, 15) is 0 Å². The summed E-state index contributed by atoms with van der Waals surface area (Å²) in [6.45, 7) is 3.36. The van der Waals surface area contributed by atoms with Crippen LogP contribution >= 0.6 is 0 Å². The van der Waals surface area contributed by atoms with Crippen LogP contribution in [-0.4, -0.2) is 29.5 Å². The van der Waals surface area contributed by atoms with E-state index in [2.05, 4.69) is 17.2 Å². The highest BCUT2D eigenvalue weighted by Gasteiger charge is 2.25. The molecule has 1 aliphatic carbocycles. The molecule has 0 amide bonds. The second-order valence-electron chi connectivity index (χ2n) is 5.29. The first-order valence-corrected chi connectivity index (χ1v) is 7.16. The van der Waals surface area contributed by atoms with Crippen molar-refractivity contribution >= 4 is 5.96 Å². The molecule has 2 rings (SSSR count). The van der Waals surface area contributed by atoms with E-state index < -0.39 is 0 Å². The molecule has 3 N–H and O–H groups in total. The Morgan fingerprint density at radius 1 is 1.24 bits per heavy atom. The predicted molar refractivity (Wildman–Crippen MR) is 71.7 cm³/mol. The summed E-state index contributed by atoms with van der Waals surface area (Å²) in [6, 6.07) is 1.13. The molecule has 2 aliphatic rings. The van der Waals surface area contributed by atoms with Gasteiger partial charge in [-0.25, -0.2) is 10.8 Å². The molecule has 0 aromatic heterocycles. The van der Waals surface area contributed by atoms with Crippen LogP contribution in [0.5, 0.6) is 0 Å². The van der Waals surface area contributed by atoms with Crippen molar-refractivity contribution in [2.45, 2.75) is 70.4 Å². The Morgan fingerprint density at radius 2 is 1.94 bits per heavy atom. The molecule has 0 bridgehead atoms. The summed E-state index contributed by atoms with van der Waals surface area (Å²) < 4.78 is 0. The van der Waals surface area contributed by atoms with E-state index in [1.807, 2.05) is 0 Å². The van der Waals surface area contributed by atoms with E-state index in [1.54, 1.807) is 0 Å². The zero-order valence-corrected chi connectivity index (χ0v) is 11.0. The van der Waals surface area contributed by atoms with Crippen LogP contribution in [-0.2, 0) is 0 Å². The van der Waals surface area contributed by atoms with Crippen LogP contribution in [0.1, 0.15) is 58.3 Å². The van der Waals surface area contributed by atoms with E-state index in [0.717, 1.165) is 12.5 Å². The van der Waals surface area contributed by atoms with Crippen LogP contribution in [0.2, 0.25) is 0 Å². The largest absolute Gasteiger partial charge is 0.339 e. The summed E-state index contributed by atoms with van der Waals surface area (Å²) in [5, 5.41) is 0. The summed E-state index contributed by atoms with van der Waals surface area (Å²) in [4.78, 5) is 7.21. The first kappa shape index (κ1) is 12.7. The monoisotopic (exact) mass is 238 g/mol. The van der Waals surface area contributed by atoms with Crippen molar-refractivity contribution in [3.05, 3.63) is 0 Å². The van der Waals surface area contributed by atoms with Crippen molar-refractivity contribution < 1.29 is 0 Å². The van der Waals surface area contributed by atoms with Crippen LogP contribution in [0.4, 0.5) is 0 Å². The maximum atomic E-state index is 5.68. The van der Waals surface area contributed by atoms with Gasteiger partial charge in [-0.2, -0.15) is 0 Å². The SMILES string of the molecule is CCC1CCCCN1C(=NC1CCCC1)NN. The lowest BCUT2D eigenvalue weighted by atomic mass is 10.0. The van der Waals surface area contributed by atoms with Crippen molar-refractivity contribution in [2.24, 2.45) is 10.8 Å². The molecule has 0 aromatic rings. The van der Waals surface area contributed by atoms with Gasteiger partial charge in [-0.15, -0.1) is 0 Å². The fourth-order valence-electron chi connectivity index (χ4n) is 3.10. The normalized spacial score (nSPS) is 27.5. The maximum Gasteiger partial charge on any atom is 0.208 e. The van der Waals surface area contributed by atoms with Gasteiger partial charge in [0.1, 0.15) is 0 Å². The third-order valence-corrected chi connectivity index (χ3v) is 4.13. The topological polar surface area (TPSA) is 53.6 Å². The second-order valence-corrected chi connectivity index (χ2v) is 5.29. The van der Waals surface area contributed by atoms with Gasteiger partial charge < -0.3 is 4.90 Å². The number of hydrazine groups is 1.